The Morgan fingerprint density at radius 1 is 1.11 bits per heavy atom. The first-order valence-corrected chi connectivity index (χ1v) is 15.0. The van der Waals surface area contributed by atoms with Gasteiger partial charge in [-0.3, -0.25) is 9.69 Å². The van der Waals surface area contributed by atoms with Crippen LogP contribution in [0.2, 0.25) is 0 Å². The first-order chi connectivity index (χ1) is 21.2. The fraction of sp³-hybridized carbons (Fsp3) is 0.394. The lowest BCUT2D eigenvalue weighted by molar-refractivity contribution is -0.138. The topological polar surface area (TPSA) is 93.7 Å². The molecule has 11 heteroatoms. The molecule has 232 valence electrons. The van der Waals surface area contributed by atoms with E-state index in [2.05, 4.69) is 22.2 Å². The van der Waals surface area contributed by atoms with Gasteiger partial charge in [-0.05, 0) is 59.0 Å². The van der Waals surface area contributed by atoms with Gasteiger partial charge >= 0.3 is 6.18 Å². The number of fused-ring (bicyclic) bond motifs is 2. The average Bonchev–Trinajstić information content (AvgIpc) is 3.46. The van der Waals surface area contributed by atoms with Gasteiger partial charge < -0.3 is 25.0 Å². The molecule has 2 aromatic heterocycles. The van der Waals surface area contributed by atoms with Crippen LogP contribution in [-0.2, 0) is 37.1 Å². The molecule has 0 bridgehead atoms. The van der Waals surface area contributed by atoms with Crippen molar-refractivity contribution in [2.45, 2.75) is 51.6 Å². The zero-order valence-corrected chi connectivity index (χ0v) is 24.6. The largest absolute Gasteiger partial charge is 0.457 e. The molecule has 1 amide bonds. The molecule has 3 N–H and O–H groups in total. The number of nitrogens with zero attached hydrogens (tertiary/aromatic N) is 3. The Balaban J connectivity index is 1.20. The third-order valence-corrected chi connectivity index (χ3v) is 8.59. The molecular weight excluding hydrogens is 571 g/mol. The van der Waals surface area contributed by atoms with Crippen LogP contribution in [0.25, 0.3) is 11.0 Å². The van der Waals surface area contributed by atoms with Crippen LogP contribution in [0.5, 0.6) is 11.5 Å². The number of halogens is 3. The number of piperazine rings is 1. The molecule has 6 rings (SSSR count). The zero-order valence-electron chi connectivity index (χ0n) is 24.6. The number of aliphatic hydroxyl groups excluding tert-OH is 1. The summed E-state index contributed by atoms with van der Waals surface area (Å²) in [6.45, 7) is 5.91. The molecule has 0 saturated carbocycles. The summed E-state index contributed by atoms with van der Waals surface area (Å²) in [5.41, 5.74) is 3.26. The lowest BCUT2D eigenvalue weighted by atomic mass is 9.87. The van der Waals surface area contributed by atoms with Gasteiger partial charge in [-0.1, -0.05) is 25.1 Å². The smallest absolute Gasteiger partial charge is 0.416 e. The number of rotatable bonds is 8. The Morgan fingerprint density at radius 3 is 2.68 bits per heavy atom. The fourth-order valence-electron chi connectivity index (χ4n) is 6.24. The monoisotopic (exact) mass is 607 g/mol. The molecule has 0 spiro atoms. The van der Waals surface area contributed by atoms with E-state index in [4.69, 9.17) is 4.74 Å². The number of amides is 1. The molecule has 0 unspecified atom stereocenters. The highest BCUT2D eigenvalue weighted by atomic mass is 19.4. The van der Waals surface area contributed by atoms with Crippen LogP contribution in [0.3, 0.4) is 0 Å². The van der Waals surface area contributed by atoms with Gasteiger partial charge in [-0.25, -0.2) is 4.98 Å². The zero-order chi connectivity index (χ0) is 30.8. The van der Waals surface area contributed by atoms with Crippen molar-refractivity contribution < 1.29 is 27.8 Å². The second kappa shape index (κ2) is 12.6. The summed E-state index contributed by atoms with van der Waals surface area (Å²) < 4.78 is 48.5. The van der Waals surface area contributed by atoms with E-state index in [9.17, 15) is 23.1 Å². The lowest BCUT2D eigenvalue weighted by Crippen LogP contribution is -2.43. The molecule has 1 atom stereocenters. The summed E-state index contributed by atoms with van der Waals surface area (Å²) in [4.78, 5) is 24.6. The van der Waals surface area contributed by atoms with E-state index in [1.54, 1.807) is 29.3 Å². The number of hydrogen-bond donors (Lipinski definition) is 3. The Hall–Kier alpha value is -3.93. The molecule has 1 saturated heterocycles. The summed E-state index contributed by atoms with van der Waals surface area (Å²) in [6, 6.07) is 13.8. The number of nitrogens with one attached hydrogen (secondary N) is 2. The molecule has 0 aliphatic carbocycles. The molecule has 4 aromatic rings. The van der Waals surface area contributed by atoms with E-state index in [-0.39, 0.29) is 37.0 Å². The standard InChI is InChI=1S/C33H36F3N5O3/c1-2-22-18-41(31(43)14-21-3-4-23(29(13-21)33(34,35)36)17-40-11-9-37-10-12-40)19-24-15-26(5-6-27(22)24)44-30-7-8-38-32-28(30)16-25(20-42)39-32/h3-8,13,15-16,22,37,42H,2,9-12,14,17-20H2,1H3,(H,38,39)/t22-/m1/s1. The minimum atomic E-state index is -4.50. The first-order valence-electron chi connectivity index (χ1n) is 15.0. The minimum absolute atomic E-state index is 0.103. The van der Waals surface area contributed by atoms with Crippen LogP contribution in [0.1, 0.15) is 52.8 Å². The van der Waals surface area contributed by atoms with Gasteiger partial charge in [0.05, 0.1) is 24.0 Å². The van der Waals surface area contributed by atoms with Gasteiger partial charge in [0.15, 0.2) is 0 Å². The van der Waals surface area contributed by atoms with Gasteiger partial charge in [0.2, 0.25) is 5.91 Å². The Labute approximate surface area is 253 Å². The molecule has 2 aromatic carbocycles. The van der Waals surface area contributed by atoms with Crippen LogP contribution in [0.4, 0.5) is 13.2 Å². The number of pyridine rings is 1. The summed E-state index contributed by atoms with van der Waals surface area (Å²) >= 11 is 0. The summed E-state index contributed by atoms with van der Waals surface area (Å²) in [5, 5.41) is 13.5. The van der Waals surface area contributed by atoms with Gasteiger partial charge in [0.25, 0.3) is 0 Å². The summed E-state index contributed by atoms with van der Waals surface area (Å²) in [6.07, 6.45) is -2.16. The van der Waals surface area contributed by atoms with E-state index in [0.717, 1.165) is 42.1 Å². The van der Waals surface area contributed by atoms with Crippen molar-refractivity contribution in [3.8, 4) is 11.5 Å². The number of aromatic amines is 1. The molecule has 8 nitrogen and oxygen atoms in total. The van der Waals surface area contributed by atoms with Crippen molar-refractivity contribution in [1.29, 1.82) is 0 Å². The van der Waals surface area contributed by atoms with E-state index in [0.29, 0.717) is 54.6 Å². The number of aromatic nitrogens is 2. The van der Waals surface area contributed by atoms with Gasteiger partial charge in [-0.2, -0.15) is 13.2 Å². The predicted octanol–water partition coefficient (Wildman–Crippen LogP) is 5.35. The number of carbonyl (C=O) groups is 1. The summed E-state index contributed by atoms with van der Waals surface area (Å²) in [7, 11) is 0. The molecule has 1 fully saturated rings. The van der Waals surface area contributed by atoms with E-state index < -0.39 is 11.7 Å². The molecule has 44 heavy (non-hydrogen) atoms. The highest BCUT2D eigenvalue weighted by Crippen LogP contribution is 2.37. The summed E-state index contributed by atoms with van der Waals surface area (Å²) in [5.74, 6) is 1.08. The normalized spacial score (nSPS) is 17.6. The number of hydrogen-bond acceptors (Lipinski definition) is 6. The van der Waals surface area contributed by atoms with Gasteiger partial charge in [-0.15, -0.1) is 0 Å². The van der Waals surface area contributed by atoms with Crippen LogP contribution in [0, 0.1) is 0 Å². The van der Waals surface area contributed by atoms with E-state index in [1.807, 2.05) is 23.1 Å². The number of alkyl halides is 3. The Kier molecular flexibility index (Phi) is 8.61. The second-order valence-electron chi connectivity index (χ2n) is 11.6. The Morgan fingerprint density at radius 2 is 1.93 bits per heavy atom. The number of H-pyrrole nitrogens is 1. The molecule has 0 radical (unpaired) electrons. The molecule has 4 heterocycles. The van der Waals surface area contributed by atoms with Crippen LogP contribution in [0.15, 0.2) is 54.7 Å². The fourth-order valence-corrected chi connectivity index (χ4v) is 6.24. The van der Waals surface area contributed by atoms with Crippen molar-refractivity contribution in [1.82, 2.24) is 25.1 Å². The minimum Gasteiger partial charge on any atom is -0.457 e. The van der Waals surface area contributed by atoms with Crippen LogP contribution < -0.4 is 10.1 Å². The highest BCUT2D eigenvalue weighted by Gasteiger charge is 2.35. The number of ether oxygens (including phenoxy) is 1. The molecule has 2 aliphatic heterocycles. The second-order valence-corrected chi connectivity index (χ2v) is 11.6. The maximum atomic E-state index is 14.1. The molecule has 2 aliphatic rings. The number of benzene rings is 2. The molecular formula is C33H36F3N5O3. The van der Waals surface area contributed by atoms with Gasteiger partial charge in [0.1, 0.15) is 17.1 Å². The highest BCUT2D eigenvalue weighted by molar-refractivity contribution is 5.83. The quantitative estimate of drug-likeness (QED) is 0.250. The van der Waals surface area contributed by atoms with Gasteiger partial charge in [0, 0.05) is 63.6 Å². The van der Waals surface area contributed by atoms with E-state index in [1.165, 1.54) is 6.07 Å². The van der Waals surface area contributed by atoms with Crippen LogP contribution >= 0.6 is 0 Å². The third-order valence-electron chi connectivity index (χ3n) is 8.59. The SMILES string of the molecule is CC[C@@H]1CN(C(=O)Cc2ccc(CN3CCNCC3)c(C(F)(F)F)c2)Cc2cc(Oc3ccnc4[nH]c(CO)cc34)ccc21. The number of carbonyl (C=O) groups excluding carboxylic acids is 1. The maximum Gasteiger partial charge on any atom is 0.416 e. The van der Waals surface area contributed by atoms with Crippen molar-refractivity contribution >= 4 is 16.9 Å². The third kappa shape index (κ3) is 6.45. The van der Waals surface area contributed by atoms with E-state index >= 15 is 0 Å². The van der Waals surface area contributed by atoms with Crippen molar-refractivity contribution in [3.05, 3.63) is 88.2 Å². The average molecular weight is 608 g/mol. The maximum absolute atomic E-state index is 14.1. The first kappa shape index (κ1) is 30.1. The predicted molar refractivity (Wildman–Crippen MR) is 160 cm³/mol. The van der Waals surface area contributed by atoms with Crippen molar-refractivity contribution in [3.63, 3.8) is 0 Å². The van der Waals surface area contributed by atoms with Crippen molar-refractivity contribution in [2.75, 3.05) is 32.7 Å². The van der Waals surface area contributed by atoms with Crippen LogP contribution in [-0.4, -0.2) is 63.5 Å². The Bertz CT molecular complexity index is 1650. The van der Waals surface area contributed by atoms with Crippen molar-refractivity contribution in [2.24, 2.45) is 0 Å². The number of aliphatic hydroxyl groups is 1. The lowest BCUT2D eigenvalue weighted by Gasteiger charge is -2.35.